The van der Waals surface area contributed by atoms with Gasteiger partial charge in [-0.25, -0.2) is 4.79 Å². The van der Waals surface area contributed by atoms with E-state index in [0.717, 1.165) is 25.9 Å². The fourth-order valence-corrected chi connectivity index (χ4v) is 1.93. The van der Waals surface area contributed by atoms with Crippen molar-refractivity contribution in [2.24, 2.45) is 10.4 Å². The first-order valence-corrected chi connectivity index (χ1v) is 7.02. The van der Waals surface area contributed by atoms with Crippen LogP contribution in [0.15, 0.2) is 34.3 Å². The van der Waals surface area contributed by atoms with Crippen molar-refractivity contribution in [3.63, 3.8) is 0 Å². The van der Waals surface area contributed by atoms with Gasteiger partial charge in [0.05, 0.1) is 0 Å². The molecule has 0 amide bonds. The number of carbonyl (C=O) groups is 1. The molecule has 0 aromatic rings. The van der Waals surface area contributed by atoms with Crippen LogP contribution < -0.4 is 0 Å². The molecular formula is C14H18N4O4. The number of nitrogens with zero attached hydrogens (tertiary/aromatic N) is 4. The van der Waals surface area contributed by atoms with E-state index in [2.05, 4.69) is 15.3 Å². The molecule has 1 rings (SSSR count). The van der Waals surface area contributed by atoms with Crippen LogP contribution in [0.25, 0.3) is 0 Å². The number of nitriles is 1. The van der Waals surface area contributed by atoms with E-state index in [1.807, 2.05) is 6.20 Å². The summed E-state index contributed by atoms with van der Waals surface area (Å²) >= 11 is 0. The largest absolute Gasteiger partial charge is 0.459 e. The predicted octanol–water partition coefficient (Wildman–Crippen LogP) is 1.88. The summed E-state index contributed by atoms with van der Waals surface area (Å²) in [6.07, 6.45) is 8.29. The fourth-order valence-electron chi connectivity index (χ4n) is 1.93. The van der Waals surface area contributed by atoms with Gasteiger partial charge in [-0.2, -0.15) is 15.1 Å². The minimum Gasteiger partial charge on any atom is -0.459 e. The summed E-state index contributed by atoms with van der Waals surface area (Å²) in [4.78, 5) is 34.2. The zero-order chi connectivity index (χ0) is 16.2. The number of nitroso groups, excluding NO2 is 2. The van der Waals surface area contributed by atoms with Crippen molar-refractivity contribution in [1.29, 1.82) is 5.26 Å². The number of allylic oxidation sites excluding steroid dienone is 2. The van der Waals surface area contributed by atoms with Gasteiger partial charge < -0.3 is 9.64 Å². The predicted molar refractivity (Wildman–Crippen MR) is 79.5 cm³/mol. The molecule has 1 aliphatic rings. The fraction of sp³-hybridized carbons (Fsp3) is 0.571. The maximum atomic E-state index is 11.7. The molecule has 1 aliphatic heterocycles. The third kappa shape index (κ3) is 6.26. The van der Waals surface area contributed by atoms with Gasteiger partial charge in [0.15, 0.2) is 0 Å². The number of rotatable bonds is 8. The molecule has 8 nitrogen and oxygen atoms in total. The average molecular weight is 306 g/mol. The van der Waals surface area contributed by atoms with Crippen LogP contribution >= 0.6 is 0 Å². The zero-order valence-corrected chi connectivity index (χ0v) is 12.2. The second-order valence-electron chi connectivity index (χ2n) is 4.80. The summed E-state index contributed by atoms with van der Waals surface area (Å²) < 4.78 is 4.77. The van der Waals surface area contributed by atoms with Gasteiger partial charge in [-0.3, -0.25) is 0 Å². The molecule has 0 aliphatic carbocycles. The van der Waals surface area contributed by atoms with E-state index in [1.165, 1.54) is 12.5 Å². The number of hydrogen-bond acceptors (Lipinski definition) is 8. The van der Waals surface area contributed by atoms with Gasteiger partial charge in [-0.15, -0.1) is 0 Å². The molecule has 1 saturated heterocycles. The molecule has 22 heavy (non-hydrogen) atoms. The van der Waals surface area contributed by atoms with Crippen molar-refractivity contribution in [3.05, 3.63) is 33.7 Å². The van der Waals surface area contributed by atoms with E-state index in [4.69, 9.17) is 10.00 Å². The van der Waals surface area contributed by atoms with E-state index >= 15 is 0 Å². The molecule has 0 spiro atoms. The van der Waals surface area contributed by atoms with Gasteiger partial charge in [-0.1, -0.05) is 10.4 Å². The highest BCUT2D eigenvalue weighted by molar-refractivity contribution is 5.93. The van der Waals surface area contributed by atoms with E-state index in [1.54, 1.807) is 12.1 Å². The van der Waals surface area contributed by atoms with E-state index < -0.39 is 12.0 Å². The monoisotopic (exact) mass is 306 g/mol. The number of hydrogen-bond donors (Lipinski definition) is 0. The maximum Gasteiger partial charge on any atom is 0.348 e. The minimum atomic E-state index is -1.02. The van der Waals surface area contributed by atoms with Crippen LogP contribution in [0, 0.1) is 21.1 Å². The van der Waals surface area contributed by atoms with Crippen LogP contribution in [0.1, 0.15) is 19.3 Å². The van der Waals surface area contributed by atoms with Crippen LogP contribution in [0.2, 0.25) is 0 Å². The first kappa shape index (κ1) is 17.5. The van der Waals surface area contributed by atoms with Crippen LogP contribution in [-0.2, 0) is 9.53 Å². The van der Waals surface area contributed by atoms with Crippen molar-refractivity contribution in [3.8, 4) is 6.07 Å². The summed E-state index contributed by atoms with van der Waals surface area (Å²) in [5, 5.41) is 14.1. The normalized spacial score (nSPS) is 16.9. The molecule has 8 heteroatoms. The minimum absolute atomic E-state index is 0.183. The Balaban J connectivity index is 2.50. The molecule has 1 unspecified atom stereocenters. The Bertz CT molecular complexity index is 490. The quantitative estimate of drug-likeness (QED) is 0.222. The Kier molecular flexibility index (Phi) is 8.12. The van der Waals surface area contributed by atoms with Gasteiger partial charge >= 0.3 is 5.97 Å². The lowest BCUT2D eigenvalue weighted by Gasteiger charge is -2.24. The van der Waals surface area contributed by atoms with Crippen LogP contribution in [-0.4, -0.2) is 43.2 Å². The summed E-state index contributed by atoms with van der Waals surface area (Å²) in [5.74, 6) is -0.856. The maximum absolute atomic E-state index is 11.7. The van der Waals surface area contributed by atoms with E-state index in [0.29, 0.717) is 0 Å². The van der Waals surface area contributed by atoms with Crippen molar-refractivity contribution in [2.45, 2.75) is 25.3 Å². The second-order valence-corrected chi connectivity index (χ2v) is 4.80. The summed E-state index contributed by atoms with van der Waals surface area (Å²) in [6.45, 7) is 1.18. The molecule has 1 fully saturated rings. The highest BCUT2D eigenvalue weighted by atomic mass is 16.5. The molecule has 118 valence electrons. The van der Waals surface area contributed by atoms with Crippen molar-refractivity contribution in [2.75, 3.05) is 26.2 Å². The summed E-state index contributed by atoms with van der Waals surface area (Å²) in [5.41, 5.74) is -0.183. The number of esters is 1. The molecule has 1 atom stereocenters. The third-order valence-electron chi connectivity index (χ3n) is 3.13. The van der Waals surface area contributed by atoms with Gasteiger partial charge in [0.1, 0.15) is 30.8 Å². The number of likely N-dealkylation sites (tertiary alicyclic amines) is 1. The standard InChI is InChI=1S/C14H18N4O4/c15-9-12(5-4-8-18-6-2-1-3-7-18)14(19)22-11-13(17-21)10-16-20/h4-5,8,13H,1-3,6-7,10-11H2/b8-4+,12-5+. The van der Waals surface area contributed by atoms with Gasteiger partial charge in [-0.05, 0) is 37.6 Å². The molecule has 0 aromatic carbocycles. The smallest absolute Gasteiger partial charge is 0.348 e. The highest BCUT2D eigenvalue weighted by Crippen LogP contribution is 2.09. The summed E-state index contributed by atoms with van der Waals surface area (Å²) in [6, 6.07) is 0.713. The van der Waals surface area contributed by atoms with Crippen molar-refractivity contribution in [1.82, 2.24) is 4.90 Å². The number of carbonyl (C=O) groups excluding carboxylic acids is 1. The lowest BCUT2D eigenvalue weighted by atomic mass is 10.1. The third-order valence-corrected chi connectivity index (χ3v) is 3.13. The Hall–Kier alpha value is -2.56. The Morgan fingerprint density at radius 1 is 1.32 bits per heavy atom. The molecule has 0 radical (unpaired) electrons. The second kappa shape index (κ2) is 10.2. The van der Waals surface area contributed by atoms with Gasteiger partial charge in [0, 0.05) is 13.1 Å². The number of ether oxygens (including phenoxy) is 1. The molecule has 0 saturated carbocycles. The average Bonchev–Trinajstić information content (AvgIpc) is 2.56. The van der Waals surface area contributed by atoms with Crippen LogP contribution in [0.3, 0.4) is 0 Å². The summed E-state index contributed by atoms with van der Waals surface area (Å²) in [7, 11) is 0. The first-order valence-electron chi connectivity index (χ1n) is 7.02. The Morgan fingerprint density at radius 2 is 2.05 bits per heavy atom. The first-order chi connectivity index (χ1) is 10.7. The Morgan fingerprint density at radius 3 is 2.64 bits per heavy atom. The lowest BCUT2D eigenvalue weighted by Crippen LogP contribution is -2.24. The van der Waals surface area contributed by atoms with E-state index in [-0.39, 0.29) is 18.7 Å². The molecular weight excluding hydrogens is 288 g/mol. The van der Waals surface area contributed by atoms with Gasteiger partial charge in [0.25, 0.3) is 0 Å². The van der Waals surface area contributed by atoms with Crippen LogP contribution in [0.5, 0.6) is 0 Å². The SMILES string of the molecule is N#C/C(=C\C=C\N1CCCCC1)C(=O)OCC(CN=O)N=O. The highest BCUT2D eigenvalue weighted by Gasteiger charge is 2.15. The number of piperidine rings is 1. The van der Waals surface area contributed by atoms with Crippen molar-refractivity contribution >= 4 is 5.97 Å². The molecule has 0 bridgehead atoms. The molecule has 0 N–H and O–H groups in total. The van der Waals surface area contributed by atoms with Crippen LogP contribution in [0.4, 0.5) is 0 Å². The lowest BCUT2D eigenvalue weighted by molar-refractivity contribution is -0.138. The van der Waals surface area contributed by atoms with Gasteiger partial charge in [0.2, 0.25) is 0 Å². The molecule has 1 heterocycles. The van der Waals surface area contributed by atoms with Crippen molar-refractivity contribution < 1.29 is 9.53 Å². The molecule has 0 aromatic heterocycles. The Labute approximate surface area is 128 Å². The van der Waals surface area contributed by atoms with E-state index in [9.17, 15) is 14.6 Å². The zero-order valence-electron chi connectivity index (χ0n) is 12.2. The topological polar surface area (TPSA) is 112 Å².